The summed E-state index contributed by atoms with van der Waals surface area (Å²) >= 11 is 0. The number of likely N-dealkylation sites (tertiary alicyclic amines) is 1. The number of nitrogens with zero attached hydrogens (tertiary/aromatic N) is 5. The highest BCUT2D eigenvalue weighted by Gasteiger charge is 2.31. The van der Waals surface area contributed by atoms with Crippen LogP contribution < -0.4 is 0 Å². The number of aryl methyl sites for hydroxylation is 2. The molecule has 1 aromatic heterocycles. The Hall–Kier alpha value is -2.22. The number of piperidine rings is 1. The smallest absolute Gasteiger partial charge is 0.226 e. The lowest BCUT2D eigenvalue weighted by Crippen LogP contribution is -2.52. The molecule has 2 aliphatic heterocycles. The Morgan fingerprint density at radius 3 is 2.39 bits per heavy atom. The highest BCUT2D eigenvalue weighted by molar-refractivity contribution is 5.79. The van der Waals surface area contributed by atoms with E-state index in [1.807, 2.05) is 19.1 Å². The van der Waals surface area contributed by atoms with Crippen molar-refractivity contribution in [2.45, 2.75) is 33.2 Å². The summed E-state index contributed by atoms with van der Waals surface area (Å²) in [5.74, 6) is 2.12. The molecule has 7 heteroatoms. The quantitative estimate of drug-likeness (QED) is 0.643. The maximum Gasteiger partial charge on any atom is 0.226 e. The summed E-state index contributed by atoms with van der Waals surface area (Å²) in [4.78, 5) is 27.1. The molecular formula is C26H39N5O2. The van der Waals surface area contributed by atoms with E-state index in [1.165, 1.54) is 5.56 Å². The molecule has 2 fully saturated rings. The Bertz CT molecular complexity index is 925. The van der Waals surface area contributed by atoms with E-state index in [-0.39, 0.29) is 5.92 Å². The number of likely N-dealkylation sites (N-methyl/N-ethyl adjacent to an activating group) is 1. The molecule has 0 spiro atoms. The molecule has 3 heterocycles. The van der Waals surface area contributed by atoms with Crippen molar-refractivity contribution in [3.8, 4) is 11.5 Å². The molecule has 0 atom stereocenters. The van der Waals surface area contributed by atoms with Crippen LogP contribution in [-0.4, -0.2) is 96.9 Å². The number of aromatic nitrogens is 1. The van der Waals surface area contributed by atoms with E-state index in [0.29, 0.717) is 11.8 Å². The molecule has 33 heavy (non-hydrogen) atoms. The van der Waals surface area contributed by atoms with Crippen LogP contribution in [0.1, 0.15) is 29.9 Å². The monoisotopic (exact) mass is 453 g/mol. The van der Waals surface area contributed by atoms with Crippen molar-refractivity contribution in [1.82, 2.24) is 24.6 Å². The van der Waals surface area contributed by atoms with Gasteiger partial charge in [0.25, 0.3) is 0 Å². The second-order valence-corrected chi connectivity index (χ2v) is 9.86. The zero-order chi connectivity index (χ0) is 23.4. The third-order valence-corrected chi connectivity index (χ3v) is 7.13. The molecule has 2 saturated heterocycles. The van der Waals surface area contributed by atoms with E-state index in [0.717, 1.165) is 88.8 Å². The number of piperazine rings is 1. The molecule has 0 N–H and O–H groups in total. The SMILES string of the molecule is Cc1ccccc1-c1nc(CN2CCC(C(=O)N3CCN(CCN(C)C)CC3)CC2)c(C)o1. The zero-order valence-corrected chi connectivity index (χ0v) is 20.7. The minimum atomic E-state index is 0.163. The maximum absolute atomic E-state index is 13.1. The Labute approximate surface area is 198 Å². The van der Waals surface area contributed by atoms with Crippen molar-refractivity contribution < 1.29 is 9.21 Å². The van der Waals surface area contributed by atoms with Crippen molar-refractivity contribution in [2.75, 3.05) is 66.5 Å². The predicted octanol–water partition coefficient (Wildman–Crippen LogP) is 2.88. The molecule has 0 radical (unpaired) electrons. The third kappa shape index (κ3) is 6.02. The minimum Gasteiger partial charge on any atom is -0.441 e. The van der Waals surface area contributed by atoms with E-state index in [4.69, 9.17) is 9.40 Å². The number of rotatable bonds is 7. The number of carbonyl (C=O) groups is 1. The largest absolute Gasteiger partial charge is 0.441 e. The van der Waals surface area contributed by atoms with Crippen LogP contribution in [0, 0.1) is 19.8 Å². The van der Waals surface area contributed by atoms with Crippen LogP contribution in [0.2, 0.25) is 0 Å². The first-order valence-corrected chi connectivity index (χ1v) is 12.3. The van der Waals surface area contributed by atoms with Gasteiger partial charge in [0.1, 0.15) is 5.76 Å². The molecule has 180 valence electrons. The molecule has 4 rings (SSSR count). The second-order valence-electron chi connectivity index (χ2n) is 9.86. The van der Waals surface area contributed by atoms with Gasteiger partial charge in [-0.3, -0.25) is 14.6 Å². The van der Waals surface area contributed by atoms with Crippen molar-refractivity contribution in [2.24, 2.45) is 5.92 Å². The van der Waals surface area contributed by atoms with Gasteiger partial charge in [0, 0.05) is 57.3 Å². The van der Waals surface area contributed by atoms with Gasteiger partial charge in [0.2, 0.25) is 11.8 Å². The lowest BCUT2D eigenvalue weighted by Gasteiger charge is -2.38. The molecule has 0 unspecified atom stereocenters. The second kappa shape index (κ2) is 10.8. The Morgan fingerprint density at radius 1 is 1.03 bits per heavy atom. The average Bonchev–Trinajstić information content (AvgIpc) is 3.18. The van der Waals surface area contributed by atoms with Gasteiger partial charge in [0.05, 0.1) is 5.69 Å². The highest BCUT2D eigenvalue weighted by Crippen LogP contribution is 2.27. The standard InChI is InChI=1S/C26H39N5O2/c1-20-7-5-6-8-23(20)25-27-24(21(2)33-25)19-30-11-9-22(10-12-30)26(32)31-17-15-29(16-18-31)14-13-28(3)4/h5-8,22H,9-19H2,1-4H3. The van der Waals surface area contributed by atoms with Crippen molar-refractivity contribution >= 4 is 5.91 Å². The number of hydrogen-bond acceptors (Lipinski definition) is 6. The van der Waals surface area contributed by atoms with Crippen molar-refractivity contribution in [3.05, 3.63) is 41.3 Å². The van der Waals surface area contributed by atoms with Gasteiger partial charge in [-0.1, -0.05) is 18.2 Å². The molecule has 2 aliphatic rings. The Balaban J connectivity index is 1.25. The predicted molar refractivity (Wildman–Crippen MR) is 131 cm³/mol. The maximum atomic E-state index is 13.1. The molecule has 1 aromatic carbocycles. The van der Waals surface area contributed by atoms with Gasteiger partial charge in [0.15, 0.2) is 0 Å². The van der Waals surface area contributed by atoms with Crippen LogP contribution in [0.15, 0.2) is 28.7 Å². The van der Waals surface area contributed by atoms with Gasteiger partial charge >= 0.3 is 0 Å². The fourth-order valence-corrected chi connectivity index (χ4v) is 4.84. The summed E-state index contributed by atoms with van der Waals surface area (Å²) < 4.78 is 6.00. The topological polar surface area (TPSA) is 56.1 Å². The minimum absolute atomic E-state index is 0.163. The first-order chi connectivity index (χ1) is 15.9. The van der Waals surface area contributed by atoms with E-state index in [9.17, 15) is 4.79 Å². The molecule has 0 aliphatic carbocycles. The van der Waals surface area contributed by atoms with Crippen molar-refractivity contribution in [1.29, 1.82) is 0 Å². The van der Waals surface area contributed by atoms with Crippen LogP contribution in [0.4, 0.5) is 0 Å². The molecule has 1 amide bonds. The van der Waals surface area contributed by atoms with Gasteiger partial charge in [-0.15, -0.1) is 0 Å². The van der Waals surface area contributed by atoms with Gasteiger partial charge in [-0.2, -0.15) is 0 Å². The summed E-state index contributed by atoms with van der Waals surface area (Å²) in [5, 5.41) is 0. The number of amides is 1. The molecule has 0 saturated carbocycles. The summed E-state index contributed by atoms with van der Waals surface area (Å²) in [7, 11) is 4.22. The first kappa shape index (κ1) is 23.9. The lowest BCUT2D eigenvalue weighted by atomic mass is 9.95. The van der Waals surface area contributed by atoms with E-state index >= 15 is 0 Å². The fraction of sp³-hybridized carbons (Fsp3) is 0.615. The van der Waals surface area contributed by atoms with Crippen LogP contribution >= 0.6 is 0 Å². The van der Waals surface area contributed by atoms with Gasteiger partial charge < -0.3 is 14.2 Å². The number of benzene rings is 1. The number of carbonyl (C=O) groups excluding carboxylic acids is 1. The molecule has 2 aromatic rings. The lowest BCUT2D eigenvalue weighted by molar-refractivity contribution is -0.138. The first-order valence-electron chi connectivity index (χ1n) is 12.3. The third-order valence-electron chi connectivity index (χ3n) is 7.13. The van der Waals surface area contributed by atoms with Crippen LogP contribution in [0.5, 0.6) is 0 Å². The summed E-state index contributed by atoms with van der Waals surface area (Å²) in [6.45, 7) is 12.6. The Morgan fingerprint density at radius 2 is 1.73 bits per heavy atom. The van der Waals surface area contributed by atoms with Gasteiger partial charge in [-0.25, -0.2) is 4.98 Å². The van der Waals surface area contributed by atoms with Crippen LogP contribution in [0.25, 0.3) is 11.5 Å². The van der Waals surface area contributed by atoms with Crippen LogP contribution in [-0.2, 0) is 11.3 Å². The molecule has 7 nitrogen and oxygen atoms in total. The molecular weight excluding hydrogens is 414 g/mol. The van der Waals surface area contributed by atoms with Crippen LogP contribution in [0.3, 0.4) is 0 Å². The average molecular weight is 454 g/mol. The number of oxazole rings is 1. The molecule has 0 bridgehead atoms. The Kier molecular flexibility index (Phi) is 7.83. The zero-order valence-electron chi connectivity index (χ0n) is 20.7. The summed E-state index contributed by atoms with van der Waals surface area (Å²) in [6, 6.07) is 8.20. The normalized spacial score (nSPS) is 18.9. The summed E-state index contributed by atoms with van der Waals surface area (Å²) in [6.07, 6.45) is 1.86. The highest BCUT2D eigenvalue weighted by atomic mass is 16.4. The van der Waals surface area contributed by atoms with E-state index < -0.39 is 0 Å². The summed E-state index contributed by atoms with van der Waals surface area (Å²) in [5.41, 5.74) is 3.23. The number of hydrogen-bond donors (Lipinski definition) is 0. The van der Waals surface area contributed by atoms with E-state index in [1.54, 1.807) is 0 Å². The van der Waals surface area contributed by atoms with Crippen molar-refractivity contribution in [3.63, 3.8) is 0 Å². The van der Waals surface area contributed by atoms with E-state index in [2.05, 4.69) is 52.8 Å². The van der Waals surface area contributed by atoms with Gasteiger partial charge in [-0.05, 0) is 65.5 Å². The fourth-order valence-electron chi connectivity index (χ4n) is 4.84.